The fourth-order valence-electron chi connectivity index (χ4n) is 2.97. The highest BCUT2D eigenvalue weighted by Crippen LogP contribution is 2.24. The van der Waals surface area contributed by atoms with Gasteiger partial charge in [0, 0.05) is 25.2 Å². The number of carbonyl (C=O) groups excluding carboxylic acids is 1. The van der Waals surface area contributed by atoms with Crippen molar-refractivity contribution < 1.29 is 4.79 Å². The van der Waals surface area contributed by atoms with Crippen molar-refractivity contribution in [3.8, 4) is 0 Å². The Bertz CT molecular complexity index is 262. The van der Waals surface area contributed by atoms with E-state index in [0.29, 0.717) is 24.5 Å². The normalized spacial score (nSPS) is 17.2. The quantitative estimate of drug-likeness (QED) is 0.764. The molecule has 112 valence electrons. The summed E-state index contributed by atoms with van der Waals surface area (Å²) >= 11 is 0. The van der Waals surface area contributed by atoms with Crippen LogP contribution in [0.2, 0.25) is 0 Å². The molecule has 1 rings (SSSR count). The molecule has 0 aliphatic heterocycles. The lowest BCUT2D eigenvalue weighted by Crippen LogP contribution is -2.49. The summed E-state index contributed by atoms with van der Waals surface area (Å²) in [5.74, 6) is 0.292. The molecule has 4 nitrogen and oxygen atoms in total. The molecule has 4 heteroatoms. The maximum atomic E-state index is 12.5. The van der Waals surface area contributed by atoms with E-state index in [4.69, 9.17) is 0 Å². The van der Waals surface area contributed by atoms with Crippen molar-refractivity contribution in [1.82, 2.24) is 15.1 Å². The molecule has 1 amide bonds. The van der Waals surface area contributed by atoms with Crippen LogP contribution in [0, 0.1) is 0 Å². The topological polar surface area (TPSA) is 35.6 Å². The maximum Gasteiger partial charge on any atom is 0.237 e. The molecule has 0 saturated heterocycles. The fraction of sp³-hybridized carbons (Fsp3) is 0.933. The Labute approximate surface area is 118 Å². The van der Waals surface area contributed by atoms with Crippen molar-refractivity contribution in [2.45, 2.75) is 58.0 Å². The molecule has 0 radical (unpaired) electrons. The van der Waals surface area contributed by atoms with Gasteiger partial charge in [0.1, 0.15) is 0 Å². The summed E-state index contributed by atoms with van der Waals surface area (Å²) in [6.07, 6.45) is 6.25. The van der Waals surface area contributed by atoms with Gasteiger partial charge in [-0.1, -0.05) is 19.3 Å². The van der Waals surface area contributed by atoms with Crippen LogP contribution in [-0.2, 0) is 4.79 Å². The third kappa shape index (κ3) is 5.49. The van der Waals surface area contributed by atoms with Crippen molar-refractivity contribution >= 4 is 5.91 Å². The van der Waals surface area contributed by atoms with Crippen molar-refractivity contribution in [3.63, 3.8) is 0 Å². The molecule has 1 aliphatic carbocycles. The van der Waals surface area contributed by atoms with Crippen LogP contribution >= 0.6 is 0 Å². The van der Waals surface area contributed by atoms with Gasteiger partial charge in [0.05, 0.1) is 6.54 Å². The molecule has 19 heavy (non-hydrogen) atoms. The molecule has 0 aromatic heterocycles. The van der Waals surface area contributed by atoms with E-state index < -0.39 is 0 Å². The van der Waals surface area contributed by atoms with Gasteiger partial charge in [0.2, 0.25) is 5.91 Å². The van der Waals surface area contributed by atoms with Gasteiger partial charge >= 0.3 is 0 Å². The smallest absolute Gasteiger partial charge is 0.237 e. The number of hydrogen-bond donors (Lipinski definition) is 1. The Hall–Kier alpha value is -0.610. The zero-order chi connectivity index (χ0) is 14.3. The van der Waals surface area contributed by atoms with Gasteiger partial charge in [-0.3, -0.25) is 9.69 Å². The first-order chi connectivity index (χ1) is 9.06. The van der Waals surface area contributed by atoms with Crippen LogP contribution in [0.5, 0.6) is 0 Å². The molecule has 1 saturated carbocycles. The molecular formula is C15H31N3O. The van der Waals surface area contributed by atoms with Crippen LogP contribution in [0.1, 0.15) is 46.0 Å². The van der Waals surface area contributed by atoms with Gasteiger partial charge in [-0.15, -0.1) is 0 Å². The predicted octanol–water partition coefficient (Wildman–Crippen LogP) is 1.71. The van der Waals surface area contributed by atoms with Gasteiger partial charge in [-0.05, 0) is 40.8 Å². The second-order valence-electron chi connectivity index (χ2n) is 6.03. The lowest BCUT2D eigenvalue weighted by Gasteiger charge is -2.38. The summed E-state index contributed by atoms with van der Waals surface area (Å²) in [5.41, 5.74) is 0. The Balaban J connectivity index is 2.52. The number of likely N-dealkylation sites (N-methyl/N-ethyl adjacent to an activating group) is 2. The zero-order valence-corrected chi connectivity index (χ0v) is 13.1. The molecule has 1 fully saturated rings. The van der Waals surface area contributed by atoms with Crippen LogP contribution in [0.25, 0.3) is 0 Å². The molecule has 1 aliphatic rings. The number of nitrogens with zero attached hydrogens (tertiary/aromatic N) is 2. The number of amides is 1. The summed E-state index contributed by atoms with van der Waals surface area (Å²) < 4.78 is 0. The third-order valence-electron chi connectivity index (χ3n) is 3.96. The molecule has 0 heterocycles. The Kier molecular flexibility index (Phi) is 7.39. The predicted molar refractivity (Wildman–Crippen MR) is 80.3 cm³/mol. The first-order valence-electron chi connectivity index (χ1n) is 7.70. The van der Waals surface area contributed by atoms with Crippen molar-refractivity contribution in [2.75, 3.05) is 33.7 Å². The highest BCUT2D eigenvalue weighted by molar-refractivity contribution is 5.78. The van der Waals surface area contributed by atoms with Crippen molar-refractivity contribution in [3.05, 3.63) is 0 Å². The number of nitrogens with one attached hydrogen (secondary N) is 1. The van der Waals surface area contributed by atoms with E-state index in [2.05, 4.69) is 29.0 Å². The van der Waals surface area contributed by atoms with E-state index in [9.17, 15) is 4.79 Å². The first-order valence-corrected chi connectivity index (χ1v) is 7.70. The second-order valence-corrected chi connectivity index (χ2v) is 6.03. The van der Waals surface area contributed by atoms with Crippen LogP contribution in [0.4, 0.5) is 0 Å². The zero-order valence-electron chi connectivity index (χ0n) is 13.1. The fourth-order valence-corrected chi connectivity index (χ4v) is 2.97. The van der Waals surface area contributed by atoms with E-state index in [1.165, 1.54) is 32.1 Å². The summed E-state index contributed by atoms with van der Waals surface area (Å²) in [6, 6.07) is 0.784. The van der Waals surface area contributed by atoms with Crippen LogP contribution < -0.4 is 5.32 Å². The average Bonchev–Trinajstić information content (AvgIpc) is 2.37. The van der Waals surface area contributed by atoms with Gasteiger partial charge in [-0.2, -0.15) is 0 Å². The Morgan fingerprint density at radius 3 is 2.42 bits per heavy atom. The lowest BCUT2D eigenvalue weighted by atomic mass is 9.93. The van der Waals surface area contributed by atoms with Gasteiger partial charge < -0.3 is 10.2 Å². The molecule has 1 N–H and O–H groups in total. The number of rotatable bonds is 7. The SMILES string of the molecule is CNCCN(C)CC(=O)N(C(C)C)C1CCCCC1. The largest absolute Gasteiger partial charge is 0.336 e. The highest BCUT2D eigenvalue weighted by atomic mass is 16.2. The number of hydrogen-bond acceptors (Lipinski definition) is 3. The molecule has 0 aromatic carbocycles. The van der Waals surface area contributed by atoms with Gasteiger partial charge in [-0.25, -0.2) is 0 Å². The number of carbonyl (C=O) groups is 1. The minimum atomic E-state index is 0.292. The summed E-state index contributed by atoms with van der Waals surface area (Å²) in [4.78, 5) is 16.8. The monoisotopic (exact) mass is 269 g/mol. The van der Waals surface area contributed by atoms with E-state index in [-0.39, 0.29) is 0 Å². The molecular weight excluding hydrogens is 238 g/mol. The average molecular weight is 269 g/mol. The molecule has 0 unspecified atom stereocenters. The van der Waals surface area contributed by atoms with Crippen molar-refractivity contribution in [1.29, 1.82) is 0 Å². The molecule has 0 aromatic rings. The van der Waals surface area contributed by atoms with Crippen molar-refractivity contribution in [2.24, 2.45) is 0 Å². The Morgan fingerprint density at radius 2 is 1.89 bits per heavy atom. The van der Waals surface area contributed by atoms with E-state index in [1.807, 2.05) is 14.1 Å². The summed E-state index contributed by atoms with van der Waals surface area (Å²) in [6.45, 7) is 6.66. The van der Waals surface area contributed by atoms with Crippen LogP contribution in [0.15, 0.2) is 0 Å². The molecule has 0 atom stereocenters. The van der Waals surface area contributed by atoms with Crippen LogP contribution in [-0.4, -0.2) is 61.5 Å². The maximum absolute atomic E-state index is 12.5. The molecule has 0 spiro atoms. The summed E-state index contributed by atoms with van der Waals surface area (Å²) in [7, 11) is 3.97. The van der Waals surface area contributed by atoms with E-state index in [0.717, 1.165) is 13.1 Å². The van der Waals surface area contributed by atoms with Gasteiger partial charge in [0.15, 0.2) is 0 Å². The summed E-state index contributed by atoms with van der Waals surface area (Å²) in [5, 5.41) is 3.12. The van der Waals surface area contributed by atoms with Gasteiger partial charge in [0.25, 0.3) is 0 Å². The van der Waals surface area contributed by atoms with E-state index in [1.54, 1.807) is 0 Å². The third-order valence-corrected chi connectivity index (χ3v) is 3.96. The molecule has 0 bridgehead atoms. The first kappa shape index (κ1) is 16.4. The van der Waals surface area contributed by atoms with E-state index >= 15 is 0 Å². The lowest BCUT2D eigenvalue weighted by molar-refractivity contribution is -0.137. The Morgan fingerprint density at radius 1 is 1.26 bits per heavy atom. The van der Waals surface area contributed by atoms with Crippen LogP contribution in [0.3, 0.4) is 0 Å². The minimum absolute atomic E-state index is 0.292. The standard InChI is InChI=1S/C15H31N3O/c1-13(2)18(14-8-6-5-7-9-14)15(19)12-17(4)11-10-16-3/h13-14,16H,5-12H2,1-4H3. The highest BCUT2D eigenvalue weighted by Gasteiger charge is 2.27. The second kappa shape index (κ2) is 8.54. The minimum Gasteiger partial charge on any atom is -0.336 e.